The second kappa shape index (κ2) is 9.85. The van der Waals surface area contributed by atoms with Gasteiger partial charge < -0.3 is 19.6 Å². The van der Waals surface area contributed by atoms with Crippen molar-refractivity contribution in [2.75, 3.05) is 32.8 Å². The minimum Gasteiger partial charge on any atom is -0.507 e. The fourth-order valence-electron chi connectivity index (χ4n) is 3.14. The number of hydrogen-bond acceptors (Lipinski definition) is 4. The minimum atomic E-state index is -0.219. The van der Waals surface area contributed by atoms with Gasteiger partial charge in [-0.15, -0.1) is 0 Å². The maximum Gasteiger partial charge on any atom is 0.257 e. The number of amides is 2. The van der Waals surface area contributed by atoms with E-state index in [1.54, 1.807) is 46.2 Å². The molecule has 0 spiro atoms. The molecule has 1 aliphatic heterocycles. The van der Waals surface area contributed by atoms with Crippen molar-refractivity contribution >= 4 is 35.0 Å². The highest BCUT2D eigenvalue weighted by Gasteiger charge is 2.25. The number of para-hydroxylation sites is 1. The number of rotatable bonds is 6. The molecule has 2 amide bonds. The predicted molar refractivity (Wildman–Crippen MR) is 112 cm³/mol. The van der Waals surface area contributed by atoms with Gasteiger partial charge >= 0.3 is 0 Å². The zero-order chi connectivity index (χ0) is 20.8. The van der Waals surface area contributed by atoms with Crippen LogP contribution >= 0.6 is 23.2 Å². The summed E-state index contributed by atoms with van der Waals surface area (Å²) in [5, 5.41) is 10.8. The molecule has 2 aromatic rings. The first-order chi connectivity index (χ1) is 14.0. The summed E-state index contributed by atoms with van der Waals surface area (Å²) in [7, 11) is 0. The normalized spacial score (nSPS) is 14.0. The Morgan fingerprint density at radius 2 is 1.69 bits per heavy atom. The van der Waals surface area contributed by atoms with Crippen LogP contribution in [0.3, 0.4) is 0 Å². The van der Waals surface area contributed by atoms with Crippen molar-refractivity contribution in [3.63, 3.8) is 0 Å². The average molecular weight is 437 g/mol. The molecule has 0 aromatic heterocycles. The molecule has 1 saturated heterocycles. The fourth-order valence-corrected chi connectivity index (χ4v) is 3.60. The largest absolute Gasteiger partial charge is 0.507 e. The van der Waals surface area contributed by atoms with Gasteiger partial charge in [0.15, 0.2) is 0 Å². The summed E-state index contributed by atoms with van der Waals surface area (Å²) in [5.74, 6) is 0.325. The summed E-state index contributed by atoms with van der Waals surface area (Å²) in [5.41, 5.74) is 0.283. The van der Waals surface area contributed by atoms with Gasteiger partial charge in [0.05, 0.1) is 17.2 Å². The van der Waals surface area contributed by atoms with Crippen LogP contribution in [0.1, 0.15) is 23.2 Å². The molecule has 1 aliphatic rings. The van der Waals surface area contributed by atoms with Crippen molar-refractivity contribution in [1.29, 1.82) is 0 Å². The lowest BCUT2D eigenvalue weighted by molar-refractivity contribution is -0.132. The van der Waals surface area contributed by atoms with Crippen molar-refractivity contribution in [3.05, 3.63) is 58.1 Å². The summed E-state index contributed by atoms with van der Waals surface area (Å²) in [4.78, 5) is 28.3. The van der Waals surface area contributed by atoms with Gasteiger partial charge in [-0.05, 0) is 36.8 Å². The Hall–Kier alpha value is -2.44. The highest BCUT2D eigenvalue weighted by molar-refractivity contribution is 6.35. The van der Waals surface area contributed by atoms with Gasteiger partial charge in [0.25, 0.3) is 5.91 Å². The lowest BCUT2D eigenvalue weighted by Gasteiger charge is -2.35. The van der Waals surface area contributed by atoms with E-state index in [2.05, 4.69) is 0 Å². The number of aromatic hydroxyl groups is 1. The number of halogens is 2. The lowest BCUT2D eigenvalue weighted by Crippen LogP contribution is -2.50. The first-order valence-corrected chi connectivity index (χ1v) is 10.1. The van der Waals surface area contributed by atoms with E-state index in [4.69, 9.17) is 27.9 Å². The summed E-state index contributed by atoms with van der Waals surface area (Å²) >= 11 is 11.9. The molecule has 0 radical (unpaired) electrons. The monoisotopic (exact) mass is 436 g/mol. The number of hydrogen-bond donors (Lipinski definition) is 1. The Morgan fingerprint density at radius 3 is 2.38 bits per heavy atom. The third kappa shape index (κ3) is 5.55. The Kier molecular flexibility index (Phi) is 7.23. The van der Waals surface area contributed by atoms with Gasteiger partial charge in [0.1, 0.15) is 11.5 Å². The van der Waals surface area contributed by atoms with E-state index in [1.165, 1.54) is 6.07 Å². The third-order valence-corrected chi connectivity index (χ3v) is 5.27. The molecule has 0 aliphatic carbocycles. The Morgan fingerprint density at radius 1 is 1.00 bits per heavy atom. The zero-order valence-corrected chi connectivity index (χ0v) is 17.3. The highest BCUT2D eigenvalue weighted by Crippen LogP contribution is 2.27. The number of nitrogens with zero attached hydrogens (tertiary/aromatic N) is 2. The molecule has 1 N–H and O–H groups in total. The molecule has 1 heterocycles. The van der Waals surface area contributed by atoms with E-state index in [-0.39, 0.29) is 23.1 Å². The molecule has 0 saturated carbocycles. The number of carbonyl (C=O) groups excluding carboxylic acids is 2. The van der Waals surface area contributed by atoms with Crippen LogP contribution in [0.2, 0.25) is 10.0 Å². The van der Waals surface area contributed by atoms with Crippen molar-refractivity contribution < 1.29 is 19.4 Å². The zero-order valence-electron chi connectivity index (χ0n) is 15.8. The summed E-state index contributed by atoms with van der Waals surface area (Å²) in [6.45, 7) is 2.20. The Balaban J connectivity index is 1.41. The van der Waals surface area contributed by atoms with Gasteiger partial charge in [-0.2, -0.15) is 0 Å². The SMILES string of the molecule is O=C(CCCOc1ccc(Cl)cc1Cl)N1CCN(C(=O)c2ccccc2O)CC1. The molecular formula is C21H22Cl2N2O4. The molecule has 0 unspecified atom stereocenters. The van der Waals surface area contributed by atoms with E-state index < -0.39 is 0 Å². The maximum atomic E-state index is 12.5. The first-order valence-electron chi connectivity index (χ1n) is 9.38. The fraction of sp³-hybridized carbons (Fsp3) is 0.333. The van der Waals surface area contributed by atoms with Crippen molar-refractivity contribution in [1.82, 2.24) is 9.80 Å². The number of carbonyl (C=O) groups is 2. The van der Waals surface area contributed by atoms with Crippen LogP contribution in [0.5, 0.6) is 11.5 Å². The van der Waals surface area contributed by atoms with E-state index >= 15 is 0 Å². The van der Waals surface area contributed by atoms with E-state index in [0.717, 1.165) is 0 Å². The number of ether oxygens (including phenoxy) is 1. The summed E-state index contributed by atoms with van der Waals surface area (Å²) in [6, 6.07) is 11.5. The first kappa shape index (κ1) is 21.3. The van der Waals surface area contributed by atoms with E-state index in [1.807, 2.05) is 0 Å². The molecule has 1 fully saturated rings. The van der Waals surface area contributed by atoms with Gasteiger partial charge in [-0.1, -0.05) is 35.3 Å². The summed E-state index contributed by atoms with van der Waals surface area (Å²) in [6.07, 6.45) is 0.924. The van der Waals surface area contributed by atoms with Crippen molar-refractivity contribution in [2.24, 2.45) is 0 Å². The predicted octanol–water partition coefficient (Wildman–Crippen LogP) is 3.84. The van der Waals surface area contributed by atoms with Crippen LogP contribution < -0.4 is 4.74 Å². The molecule has 8 heteroatoms. The quantitative estimate of drug-likeness (QED) is 0.698. The van der Waals surface area contributed by atoms with Crippen molar-refractivity contribution in [3.8, 4) is 11.5 Å². The van der Waals surface area contributed by atoms with Crippen LogP contribution in [0.15, 0.2) is 42.5 Å². The van der Waals surface area contributed by atoms with Crippen LogP contribution in [0.25, 0.3) is 0 Å². The topological polar surface area (TPSA) is 70.1 Å². The molecule has 29 heavy (non-hydrogen) atoms. The highest BCUT2D eigenvalue weighted by atomic mass is 35.5. The molecule has 3 rings (SSSR count). The van der Waals surface area contributed by atoms with Gasteiger partial charge in [0, 0.05) is 37.6 Å². The second-order valence-corrected chi connectivity index (χ2v) is 7.56. The Labute approximate surface area is 179 Å². The van der Waals surface area contributed by atoms with Gasteiger partial charge in [-0.3, -0.25) is 9.59 Å². The van der Waals surface area contributed by atoms with Gasteiger partial charge in [-0.25, -0.2) is 0 Å². The van der Waals surface area contributed by atoms with Crippen LogP contribution in [0.4, 0.5) is 0 Å². The van der Waals surface area contributed by atoms with Crippen LogP contribution in [0, 0.1) is 0 Å². The number of phenols is 1. The third-order valence-electron chi connectivity index (χ3n) is 4.74. The number of benzene rings is 2. The Bertz CT molecular complexity index is 883. The molecule has 2 aromatic carbocycles. The average Bonchev–Trinajstić information content (AvgIpc) is 2.72. The minimum absolute atomic E-state index is 0.0307. The molecule has 0 bridgehead atoms. The molecule has 154 valence electrons. The van der Waals surface area contributed by atoms with E-state index in [9.17, 15) is 14.7 Å². The molecule has 6 nitrogen and oxygen atoms in total. The van der Waals surface area contributed by atoms with Crippen molar-refractivity contribution in [2.45, 2.75) is 12.8 Å². The number of piperazine rings is 1. The standard InChI is InChI=1S/C21H22Cl2N2O4/c22-15-7-8-19(17(23)14-15)29-13-3-6-20(27)24-9-11-25(12-10-24)21(28)16-4-1-2-5-18(16)26/h1-2,4-5,7-8,14,26H,3,6,9-13H2. The van der Waals surface area contributed by atoms with E-state index in [0.29, 0.717) is 61.4 Å². The van der Waals surface area contributed by atoms with Crippen LogP contribution in [-0.2, 0) is 4.79 Å². The molecule has 0 atom stereocenters. The maximum absolute atomic E-state index is 12.5. The van der Waals surface area contributed by atoms with Gasteiger partial charge in [0.2, 0.25) is 5.91 Å². The van der Waals surface area contributed by atoms with Crippen LogP contribution in [-0.4, -0.2) is 59.5 Å². The summed E-state index contributed by atoms with van der Waals surface area (Å²) < 4.78 is 5.60. The smallest absolute Gasteiger partial charge is 0.257 e. The lowest BCUT2D eigenvalue weighted by atomic mass is 10.1. The molecular weight excluding hydrogens is 415 g/mol. The second-order valence-electron chi connectivity index (χ2n) is 6.72. The number of phenolic OH excluding ortho intramolecular Hbond substituents is 1.